The number of hydrogen-bond donors (Lipinski definition) is 0. The Hall–Kier alpha value is -7.74. The van der Waals surface area contributed by atoms with E-state index in [9.17, 15) is 0 Å². The van der Waals surface area contributed by atoms with Crippen molar-refractivity contribution in [1.82, 2.24) is 0 Å². The van der Waals surface area contributed by atoms with Gasteiger partial charge in [-0.15, -0.1) is 0 Å². The van der Waals surface area contributed by atoms with Gasteiger partial charge in [0.15, 0.2) is 0 Å². The summed E-state index contributed by atoms with van der Waals surface area (Å²) in [4.78, 5) is 2.42. The molecule has 0 bridgehead atoms. The first-order chi connectivity index (χ1) is 29.3. The minimum atomic E-state index is 1.10. The van der Waals surface area contributed by atoms with Gasteiger partial charge in [-0.3, -0.25) is 0 Å². The van der Waals surface area contributed by atoms with Crippen molar-refractivity contribution in [1.29, 1.82) is 0 Å². The fourth-order valence-corrected chi connectivity index (χ4v) is 9.03. The second-order valence-corrected chi connectivity index (χ2v) is 15.3. The summed E-state index contributed by atoms with van der Waals surface area (Å²) in [6.45, 7) is 0. The first kappa shape index (κ1) is 34.5. The zero-order valence-electron chi connectivity index (χ0n) is 32.5. The molecule has 0 heterocycles. The van der Waals surface area contributed by atoms with Crippen LogP contribution in [-0.4, -0.2) is 0 Å². The van der Waals surface area contributed by atoms with Gasteiger partial charge >= 0.3 is 0 Å². The van der Waals surface area contributed by atoms with Crippen LogP contribution in [0.15, 0.2) is 237 Å². The van der Waals surface area contributed by atoms with E-state index in [-0.39, 0.29) is 0 Å². The zero-order valence-corrected chi connectivity index (χ0v) is 32.5. The molecule has 0 fully saturated rings. The minimum absolute atomic E-state index is 1.10. The average Bonchev–Trinajstić information content (AvgIpc) is 3.31. The van der Waals surface area contributed by atoms with Gasteiger partial charge in [-0.1, -0.05) is 194 Å². The summed E-state index contributed by atoms with van der Waals surface area (Å²) >= 11 is 0. The van der Waals surface area contributed by atoms with E-state index in [2.05, 4.69) is 241 Å². The lowest BCUT2D eigenvalue weighted by molar-refractivity contribution is 1.30. The fraction of sp³-hybridized carbons (Fsp3) is 0. The molecule has 1 heteroatoms. The van der Waals surface area contributed by atoms with Gasteiger partial charge in [-0.05, 0) is 125 Å². The largest absolute Gasteiger partial charge is 0.310 e. The summed E-state index contributed by atoms with van der Waals surface area (Å²) in [5.41, 5.74) is 13.0. The van der Waals surface area contributed by atoms with E-state index in [0.29, 0.717) is 0 Å². The highest BCUT2D eigenvalue weighted by Gasteiger charge is 2.20. The molecule has 0 unspecified atom stereocenters. The van der Waals surface area contributed by atoms with Crippen molar-refractivity contribution in [2.75, 3.05) is 4.90 Å². The Morgan fingerprint density at radius 3 is 1.37 bits per heavy atom. The molecule has 0 aliphatic heterocycles. The topological polar surface area (TPSA) is 3.24 Å². The van der Waals surface area contributed by atoms with Gasteiger partial charge in [0.2, 0.25) is 0 Å². The van der Waals surface area contributed by atoms with Gasteiger partial charge in [0.05, 0.1) is 5.69 Å². The minimum Gasteiger partial charge on any atom is -0.310 e. The second kappa shape index (κ2) is 14.6. The maximum absolute atomic E-state index is 2.42. The summed E-state index contributed by atoms with van der Waals surface area (Å²) < 4.78 is 0. The van der Waals surface area contributed by atoms with Gasteiger partial charge in [0, 0.05) is 16.8 Å². The molecule has 1 nitrogen and oxygen atoms in total. The maximum atomic E-state index is 2.42. The molecule has 0 saturated heterocycles. The van der Waals surface area contributed by atoms with Crippen LogP contribution in [-0.2, 0) is 0 Å². The number of nitrogens with zero attached hydrogens (tertiary/aromatic N) is 1. The van der Waals surface area contributed by atoms with Crippen molar-refractivity contribution >= 4 is 60.2 Å². The van der Waals surface area contributed by atoms with Crippen LogP contribution >= 0.6 is 0 Å². The molecule has 11 aromatic rings. The molecule has 59 heavy (non-hydrogen) atoms. The predicted octanol–water partition coefficient (Wildman–Crippen LogP) is 16.4. The van der Waals surface area contributed by atoms with Crippen molar-refractivity contribution in [2.45, 2.75) is 0 Å². The molecular weight excluding hydrogens is 711 g/mol. The molecule has 0 amide bonds. The van der Waals surface area contributed by atoms with E-state index in [1.54, 1.807) is 0 Å². The van der Waals surface area contributed by atoms with Crippen LogP contribution in [0.2, 0.25) is 0 Å². The molecular formula is C58H39N. The Kier molecular flexibility index (Phi) is 8.56. The number of hydrogen-bond acceptors (Lipinski definition) is 1. The van der Waals surface area contributed by atoms with Crippen LogP contribution < -0.4 is 4.90 Å². The monoisotopic (exact) mass is 749 g/mol. The number of rotatable bonds is 7. The Balaban J connectivity index is 1.11. The van der Waals surface area contributed by atoms with Crippen LogP contribution in [0.1, 0.15) is 0 Å². The Morgan fingerprint density at radius 1 is 0.220 bits per heavy atom. The Labute approximate surface area is 344 Å². The summed E-state index contributed by atoms with van der Waals surface area (Å²) in [6, 6.07) is 86.3. The normalized spacial score (nSPS) is 11.4. The molecule has 276 valence electrons. The van der Waals surface area contributed by atoms with Crippen LogP contribution in [0.3, 0.4) is 0 Å². The van der Waals surface area contributed by atoms with Crippen LogP contribution in [0.4, 0.5) is 17.1 Å². The van der Waals surface area contributed by atoms with Gasteiger partial charge in [-0.2, -0.15) is 0 Å². The highest BCUT2D eigenvalue weighted by molar-refractivity contribution is 6.22. The van der Waals surface area contributed by atoms with Crippen molar-refractivity contribution < 1.29 is 0 Å². The average molecular weight is 750 g/mol. The van der Waals surface area contributed by atoms with Crippen molar-refractivity contribution in [3.63, 3.8) is 0 Å². The quantitative estimate of drug-likeness (QED) is 0.147. The van der Waals surface area contributed by atoms with Crippen LogP contribution in [0.5, 0.6) is 0 Å². The Bertz CT molecular complexity index is 3320. The summed E-state index contributed by atoms with van der Waals surface area (Å²) in [5, 5.41) is 9.91. The van der Waals surface area contributed by atoms with Crippen LogP contribution in [0.25, 0.3) is 87.6 Å². The van der Waals surface area contributed by atoms with E-state index in [0.717, 1.165) is 22.6 Å². The molecule has 0 N–H and O–H groups in total. The third-order valence-electron chi connectivity index (χ3n) is 11.8. The summed E-state index contributed by atoms with van der Waals surface area (Å²) in [7, 11) is 0. The number of benzene rings is 11. The van der Waals surface area contributed by atoms with Crippen molar-refractivity contribution in [3.05, 3.63) is 237 Å². The lowest BCUT2D eigenvalue weighted by atomic mass is 9.84. The first-order valence-electron chi connectivity index (χ1n) is 20.3. The highest BCUT2D eigenvalue weighted by Crippen LogP contribution is 2.46. The standard InChI is InChI=1S/C58H39N/c1-3-18-42(19-4-1)57-54-30-12-11-29-52(54)53-35-34-48(39-55(53)58(57)43-20-5-2-6-21-43)46-25-14-27-50(38-46)59(56-31-15-23-41-17-9-10-28-51(41)56)49-26-13-24-45(37-49)47-33-32-40-16-7-8-22-44(40)36-47/h1-39H. The lowest BCUT2D eigenvalue weighted by Gasteiger charge is -2.28. The maximum Gasteiger partial charge on any atom is 0.0540 e. The zero-order chi connectivity index (χ0) is 39.1. The second-order valence-electron chi connectivity index (χ2n) is 15.3. The van der Waals surface area contributed by atoms with E-state index < -0.39 is 0 Å². The predicted molar refractivity (Wildman–Crippen MR) is 253 cm³/mol. The molecule has 0 radical (unpaired) electrons. The van der Waals surface area contributed by atoms with Gasteiger partial charge < -0.3 is 4.90 Å². The molecule has 0 aromatic heterocycles. The molecule has 11 aromatic carbocycles. The Morgan fingerprint density at radius 2 is 0.678 bits per heavy atom. The van der Waals surface area contributed by atoms with E-state index in [1.165, 1.54) is 82.0 Å². The highest BCUT2D eigenvalue weighted by atomic mass is 15.1. The molecule has 0 spiro atoms. The fourth-order valence-electron chi connectivity index (χ4n) is 9.03. The van der Waals surface area contributed by atoms with Crippen molar-refractivity contribution in [3.8, 4) is 44.5 Å². The van der Waals surface area contributed by atoms with Gasteiger partial charge in [0.25, 0.3) is 0 Å². The van der Waals surface area contributed by atoms with E-state index >= 15 is 0 Å². The van der Waals surface area contributed by atoms with E-state index in [4.69, 9.17) is 0 Å². The number of fused-ring (bicyclic) bond motifs is 5. The van der Waals surface area contributed by atoms with Crippen LogP contribution in [0, 0.1) is 0 Å². The molecule has 11 rings (SSSR count). The molecule has 0 aliphatic rings. The number of anilines is 3. The molecule has 0 saturated carbocycles. The van der Waals surface area contributed by atoms with Gasteiger partial charge in [0.1, 0.15) is 0 Å². The summed E-state index contributed by atoms with van der Waals surface area (Å²) in [5.74, 6) is 0. The lowest BCUT2D eigenvalue weighted by Crippen LogP contribution is -2.10. The third kappa shape index (κ3) is 6.21. The molecule has 0 aliphatic carbocycles. The molecule has 0 atom stereocenters. The van der Waals surface area contributed by atoms with Gasteiger partial charge in [-0.25, -0.2) is 0 Å². The smallest absolute Gasteiger partial charge is 0.0540 e. The third-order valence-corrected chi connectivity index (χ3v) is 11.8. The van der Waals surface area contributed by atoms with E-state index in [1.807, 2.05) is 0 Å². The summed E-state index contributed by atoms with van der Waals surface area (Å²) in [6.07, 6.45) is 0. The SMILES string of the molecule is c1ccc(-c2c(-c3ccccc3)c3cc(-c4cccc(N(c5cccc(-c6ccc7ccccc7c6)c5)c5cccc6ccccc56)c4)ccc3c3ccccc23)cc1. The van der Waals surface area contributed by atoms with Crippen molar-refractivity contribution in [2.24, 2.45) is 0 Å². The first-order valence-corrected chi connectivity index (χ1v) is 20.3.